The van der Waals surface area contributed by atoms with E-state index in [-0.39, 0.29) is 30.2 Å². The lowest BCUT2D eigenvalue weighted by molar-refractivity contribution is -0.123. The zero-order valence-electron chi connectivity index (χ0n) is 15.2. The molecular formula is C20H20F2N2O4. The van der Waals surface area contributed by atoms with Gasteiger partial charge < -0.3 is 20.1 Å². The molecule has 1 atom stereocenters. The van der Waals surface area contributed by atoms with Crippen molar-refractivity contribution in [1.82, 2.24) is 5.32 Å². The third kappa shape index (κ3) is 5.18. The van der Waals surface area contributed by atoms with Gasteiger partial charge >= 0.3 is 6.61 Å². The molecule has 8 heteroatoms. The predicted octanol–water partition coefficient (Wildman–Crippen LogP) is 3.43. The van der Waals surface area contributed by atoms with E-state index in [4.69, 9.17) is 4.74 Å². The number of hydrogen-bond acceptors (Lipinski definition) is 4. The van der Waals surface area contributed by atoms with Crippen molar-refractivity contribution in [3.8, 4) is 11.5 Å². The summed E-state index contributed by atoms with van der Waals surface area (Å²) >= 11 is 0. The summed E-state index contributed by atoms with van der Waals surface area (Å²) in [4.78, 5) is 23.5. The lowest BCUT2D eigenvalue weighted by Gasteiger charge is -2.18. The minimum absolute atomic E-state index is 0.0108. The Morgan fingerprint density at radius 2 is 1.86 bits per heavy atom. The molecule has 1 heterocycles. The van der Waals surface area contributed by atoms with Gasteiger partial charge in [-0.05, 0) is 54.8 Å². The fraction of sp³-hybridized carbons (Fsp3) is 0.300. The highest BCUT2D eigenvalue weighted by Gasteiger charge is 2.16. The number of anilines is 1. The van der Waals surface area contributed by atoms with Gasteiger partial charge in [0, 0.05) is 12.1 Å². The normalized spacial score (nSPS) is 14.1. The van der Waals surface area contributed by atoms with Crippen LogP contribution in [0.15, 0.2) is 42.5 Å². The molecule has 2 aromatic rings. The van der Waals surface area contributed by atoms with Crippen molar-refractivity contribution in [3.63, 3.8) is 0 Å². The van der Waals surface area contributed by atoms with Crippen molar-refractivity contribution in [2.45, 2.75) is 32.4 Å². The van der Waals surface area contributed by atoms with E-state index in [1.54, 1.807) is 31.2 Å². The summed E-state index contributed by atoms with van der Waals surface area (Å²) in [7, 11) is 0. The number of hydrogen-bond donors (Lipinski definition) is 2. The first-order chi connectivity index (χ1) is 13.4. The molecule has 6 nitrogen and oxygen atoms in total. The second-order valence-corrected chi connectivity index (χ2v) is 6.39. The van der Waals surface area contributed by atoms with Crippen LogP contribution >= 0.6 is 0 Å². The van der Waals surface area contributed by atoms with Crippen LogP contribution in [-0.4, -0.2) is 25.0 Å². The molecule has 1 aliphatic heterocycles. The molecule has 2 aromatic carbocycles. The zero-order chi connectivity index (χ0) is 20.1. The lowest BCUT2D eigenvalue weighted by Crippen LogP contribution is -2.31. The molecule has 0 bridgehead atoms. The van der Waals surface area contributed by atoms with Gasteiger partial charge in [-0.3, -0.25) is 9.59 Å². The highest BCUT2D eigenvalue weighted by atomic mass is 19.3. The van der Waals surface area contributed by atoms with E-state index in [1.807, 2.05) is 6.07 Å². The van der Waals surface area contributed by atoms with E-state index in [0.717, 1.165) is 16.8 Å². The quantitative estimate of drug-likeness (QED) is 0.760. The third-order valence-corrected chi connectivity index (χ3v) is 4.32. The van der Waals surface area contributed by atoms with E-state index >= 15 is 0 Å². The van der Waals surface area contributed by atoms with Crippen molar-refractivity contribution < 1.29 is 27.8 Å². The second-order valence-electron chi connectivity index (χ2n) is 6.39. The van der Waals surface area contributed by atoms with Gasteiger partial charge in [0.05, 0.1) is 6.04 Å². The fourth-order valence-corrected chi connectivity index (χ4v) is 2.90. The van der Waals surface area contributed by atoms with Crippen molar-refractivity contribution in [2.24, 2.45) is 0 Å². The lowest BCUT2D eigenvalue weighted by atomic mass is 10.0. The van der Waals surface area contributed by atoms with Gasteiger partial charge in [-0.2, -0.15) is 8.78 Å². The Morgan fingerprint density at radius 3 is 2.57 bits per heavy atom. The van der Waals surface area contributed by atoms with Crippen molar-refractivity contribution in [1.29, 1.82) is 0 Å². The monoisotopic (exact) mass is 390 g/mol. The van der Waals surface area contributed by atoms with Crippen LogP contribution in [0.5, 0.6) is 11.5 Å². The maximum absolute atomic E-state index is 12.2. The first-order valence-electron chi connectivity index (χ1n) is 8.80. The minimum Gasteiger partial charge on any atom is -0.484 e. The third-order valence-electron chi connectivity index (χ3n) is 4.32. The molecule has 0 saturated heterocycles. The van der Waals surface area contributed by atoms with Gasteiger partial charge in [0.25, 0.3) is 5.91 Å². The largest absolute Gasteiger partial charge is 0.484 e. The highest BCUT2D eigenvalue weighted by molar-refractivity contribution is 5.94. The zero-order valence-corrected chi connectivity index (χ0v) is 15.2. The first-order valence-corrected chi connectivity index (χ1v) is 8.80. The van der Waals surface area contributed by atoms with Gasteiger partial charge in [0.2, 0.25) is 5.91 Å². The molecule has 0 aliphatic carbocycles. The molecule has 2 amide bonds. The maximum Gasteiger partial charge on any atom is 0.387 e. The Balaban J connectivity index is 1.50. The smallest absolute Gasteiger partial charge is 0.387 e. The average molecular weight is 390 g/mol. The molecule has 28 heavy (non-hydrogen) atoms. The van der Waals surface area contributed by atoms with Crippen LogP contribution in [0.2, 0.25) is 0 Å². The number of ether oxygens (including phenoxy) is 2. The standard InChI is InChI=1S/C20H20F2N2O4/c1-12(13-2-5-15(6-3-13)28-20(21)22)23-19(26)11-27-16-7-8-17-14(10-16)4-9-18(25)24-17/h2-3,5-8,10,12,20H,4,9,11H2,1H3,(H,23,26)(H,24,25). The van der Waals surface area contributed by atoms with E-state index in [9.17, 15) is 18.4 Å². The van der Waals surface area contributed by atoms with Crippen LogP contribution in [-0.2, 0) is 16.0 Å². The van der Waals surface area contributed by atoms with Gasteiger partial charge in [0.15, 0.2) is 6.61 Å². The van der Waals surface area contributed by atoms with Crippen LogP contribution in [0.3, 0.4) is 0 Å². The Labute approximate surface area is 160 Å². The first kappa shape index (κ1) is 19.6. The predicted molar refractivity (Wildman–Crippen MR) is 98.5 cm³/mol. The molecule has 0 radical (unpaired) electrons. The summed E-state index contributed by atoms with van der Waals surface area (Å²) in [6.07, 6.45) is 1.06. The number of halogens is 2. The molecular weight excluding hydrogens is 370 g/mol. The number of fused-ring (bicyclic) bond motifs is 1. The minimum atomic E-state index is -2.88. The summed E-state index contributed by atoms with van der Waals surface area (Å²) < 4.78 is 34.2. The molecule has 0 fully saturated rings. The van der Waals surface area contributed by atoms with E-state index < -0.39 is 6.61 Å². The van der Waals surface area contributed by atoms with E-state index in [2.05, 4.69) is 15.4 Å². The highest BCUT2D eigenvalue weighted by Crippen LogP contribution is 2.26. The van der Waals surface area contributed by atoms with E-state index in [1.165, 1.54) is 12.1 Å². The molecule has 1 unspecified atom stereocenters. The number of carbonyl (C=O) groups excluding carboxylic acids is 2. The van der Waals surface area contributed by atoms with Crippen LogP contribution in [0.4, 0.5) is 14.5 Å². The number of carbonyl (C=O) groups is 2. The molecule has 3 rings (SSSR count). The molecule has 2 N–H and O–H groups in total. The summed E-state index contributed by atoms with van der Waals surface area (Å²) in [5.41, 5.74) is 2.48. The van der Waals surface area contributed by atoms with Crippen LogP contribution in [0, 0.1) is 0 Å². The van der Waals surface area contributed by atoms with Crippen LogP contribution in [0.1, 0.15) is 30.5 Å². The van der Waals surface area contributed by atoms with Crippen molar-refractivity contribution >= 4 is 17.5 Å². The maximum atomic E-state index is 12.2. The number of nitrogens with one attached hydrogen (secondary N) is 2. The van der Waals surface area contributed by atoms with Gasteiger partial charge in [0.1, 0.15) is 11.5 Å². The number of benzene rings is 2. The Morgan fingerprint density at radius 1 is 1.14 bits per heavy atom. The Kier molecular flexibility index (Phi) is 6.08. The van der Waals surface area contributed by atoms with Crippen molar-refractivity contribution in [3.05, 3.63) is 53.6 Å². The van der Waals surface area contributed by atoms with Crippen LogP contribution < -0.4 is 20.1 Å². The van der Waals surface area contributed by atoms with Gasteiger partial charge in [-0.1, -0.05) is 12.1 Å². The Bertz CT molecular complexity index is 856. The number of amides is 2. The van der Waals surface area contributed by atoms with Crippen molar-refractivity contribution in [2.75, 3.05) is 11.9 Å². The Hall–Kier alpha value is -3.16. The molecule has 1 aliphatic rings. The van der Waals surface area contributed by atoms with Gasteiger partial charge in [-0.25, -0.2) is 0 Å². The average Bonchev–Trinajstić information content (AvgIpc) is 2.66. The fourth-order valence-electron chi connectivity index (χ4n) is 2.90. The molecule has 0 spiro atoms. The summed E-state index contributed by atoms with van der Waals surface area (Å²) in [5.74, 6) is 0.283. The van der Waals surface area contributed by atoms with Gasteiger partial charge in [-0.15, -0.1) is 0 Å². The molecule has 0 saturated carbocycles. The number of rotatable bonds is 7. The second kappa shape index (κ2) is 8.69. The SMILES string of the molecule is CC(NC(=O)COc1ccc2c(c1)CCC(=O)N2)c1ccc(OC(F)F)cc1. The molecule has 0 aromatic heterocycles. The topological polar surface area (TPSA) is 76.7 Å². The number of alkyl halides is 2. The number of aryl methyl sites for hydroxylation is 1. The molecule has 148 valence electrons. The summed E-state index contributed by atoms with van der Waals surface area (Å²) in [6.45, 7) is -1.26. The van der Waals surface area contributed by atoms with Crippen LogP contribution in [0.25, 0.3) is 0 Å². The summed E-state index contributed by atoms with van der Waals surface area (Å²) in [6, 6.07) is 11.0. The summed E-state index contributed by atoms with van der Waals surface area (Å²) in [5, 5.41) is 5.57. The van der Waals surface area contributed by atoms with E-state index in [0.29, 0.717) is 18.6 Å².